The largest absolute Gasteiger partial charge is 0.438 e. The maximum atomic E-state index is 6.23. The standard InChI is InChI=1S/C20H19IN2O/c1-14-6-5-9-18-19(14)22(2)20(24-18)16-10-12-23(13-11-21)17-8-4-3-7-15(16)17/h3-10,12H,11,13H2,1-2H3. The molecule has 0 saturated carbocycles. The van der Waals surface area contributed by atoms with Gasteiger partial charge in [-0.05, 0) is 30.7 Å². The van der Waals surface area contributed by atoms with Gasteiger partial charge >= 0.3 is 0 Å². The summed E-state index contributed by atoms with van der Waals surface area (Å²) >= 11 is 2.42. The van der Waals surface area contributed by atoms with E-state index in [2.05, 4.69) is 89.0 Å². The summed E-state index contributed by atoms with van der Waals surface area (Å²) in [4.78, 5) is 4.47. The molecule has 0 saturated heterocycles. The average molecular weight is 430 g/mol. The van der Waals surface area contributed by atoms with Gasteiger partial charge in [-0.3, -0.25) is 0 Å². The zero-order valence-electron chi connectivity index (χ0n) is 13.8. The van der Waals surface area contributed by atoms with E-state index >= 15 is 0 Å². The number of aryl methyl sites for hydroxylation is 1. The maximum absolute atomic E-state index is 6.23. The molecule has 2 aliphatic heterocycles. The molecule has 0 aromatic heterocycles. The van der Waals surface area contributed by atoms with E-state index in [1.165, 1.54) is 16.8 Å². The minimum absolute atomic E-state index is 0.900. The van der Waals surface area contributed by atoms with Crippen LogP contribution in [0.15, 0.2) is 60.6 Å². The van der Waals surface area contributed by atoms with Gasteiger partial charge < -0.3 is 14.5 Å². The van der Waals surface area contributed by atoms with Crippen LogP contribution in [0.25, 0.3) is 5.57 Å². The van der Waals surface area contributed by atoms with Crippen molar-refractivity contribution in [3.8, 4) is 5.75 Å². The van der Waals surface area contributed by atoms with Gasteiger partial charge in [-0.25, -0.2) is 0 Å². The van der Waals surface area contributed by atoms with Crippen molar-refractivity contribution in [2.75, 3.05) is 27.8 Å². The molecule has 0 bridgehead atoms. The molecule has 0 N–H and O–H groups in total. The summed E-state index contributed by atoms with van der Waals surface area (Å²) in [6.45, 7) is 3.13. The topological polar surface area (TPSA) is 15.7 Å². The van der Waals surface area contributed by atoms with Gasteiger partial charge in [0, 0.05) is 41.0 Å². The molecule has 2 heterocycles. The van der Waals surface area contributed by atoms with Crippen LogP contribution in [0.5, 0.6) is 5.75 Å². The lowest BCUT2D eigenvalue weighted by atomic mass is 10.00. The summed E-state index contributed by atoms with van der Waals surface area (Å²) < 4.78 is 7.31. The first-order valence-corrected chi connectivity index (χ1v) is 9.59. The highest BCUT2D eigenvalue weighted by molar-refractivity contribution is 14.1. The van der Waals surface area contributed by atoms with Gasteiger partial charge in [0.2, 0.25) is 5.88 Å². The molecule has 0 unspecified atom stereocenters. The Labute approximate surface area is 156 Å². The number of para-hydroxylation sites is 2. The Bertz CT molecular complexity index is 856. The predicted molar refractivity (Wildman–Crippen MR) is 109 cm³/mol. The maximum Gasteiger partial charge on any atom is 0.208 e. The van der Waals surface area contributed by atoms with Crippen LogP contribution in [0.1, 0.15) is 11.1 Å². The molecule has 4 heteroatoms. The van der Waals surface area contributed by atoms with Gasteiger partial charge in [-0.1, -0.05) is 52.9 Å². The van der Waals surface area contributed by atoms with Crippen molar-refractivity contribution in [1.29, 1.82) is 0 Å². The Morgan fingerprint density at radius 3 is 2.71 bits per heavy atom. The highest BCUT2D eigenvalue weighted by Crippen LogP contribution is 2.44. The number of hydrogen-bond donors (Lipinski definition) is 0. The third-order valence-corrected chi connectivity index (χ3v) is 5.01. The molecular formula is C20H19IN2O. The van der Waals surface area contributed by atoms with Gasteiger partial charge in [0.15, 0.2) is 5.75 Å². The molecule has 0 radical (unpaired) electrons. The number of allylic oxidation sites excluding steroid dienone is 2. The molecule has 2 aliphatic rings. The Balaban J connectivity index is 1.85. The molecule has 4 rings (SSSR count). The van der Waals surface area contributed by atoms with Crippen LogP contribution in [-0.4, -0.2) is 18.0 Å². The first-order valence-electron chi connectivity index (χ1n) is 8.06. The minimum Gasteiger partial charge on any atom is -0.438 e. The fraction of sp³-hybridized carbons (Fsp3) is 0.200. The van der Waals surface area contributed by atoms with Gasteiger partial charge in [-0.15, -0.1) is 0 Å². The van der Waals surface area contributed by atoms with Crippen LogP contribution in [0.3, 0.4) is 0 Å². The van der Waals surface area contributed by atoms with Gasteiger partial charge in [0.05, 0.1) is 5.69 Å². The molecule has 24 heavy (non-hydrogen) atoms. The highest BCUT2D eigenvalue weighted by atomic mass is 127. The van der Waals surface area contributed by atoms with Crippen molar-refractivity contribution in [3.63, 3.8) is 0 Å². The van der Waals surface area contributed by atoms with Crippen molar-refractivity contribution in [2.45, 2.75) is 6.92 Å². The molecule has 2 aromatic rings. The monoisotopic (exact) mass is 430 g/mol. The van der Waals surface area contributed by atoms with E-state index in [0.717, 1.165) is 33.9 Å². The first-order chi connectivity index (χ1) is 11.7. The second-order valence-electron chi connectivity index (χ2n) is 6.02. The number of nitrogens with zero attached hydrogens (tertiary/aromatic N) is 2. The Morgan fingerprint density at radius 1 is 1.08 bits per heavy atom. The fourth-order valence-electron chi connectivity index (χ4n) is 3.41. The van der Waals surface area contributed by atoms with Crippen molar-refractivity contribution in [1.82, 2.24) is 0 Å². The second kappa shape index (κ2) is 6.16. The lowest BCUT2D eigenvalue weighted by Gasteiger charge is -2.28. The molecule has 0 spiro atoms. The van der Waals surface area contributed by atoms with Crippen LogP contribution >= 0.6 is 22.6 Å². The lowest BCUT2D eigenvalue weighted by Crippen LogP contribution is -2.24. The highest BCUT2D eigenvalue weighted by Gasteiger charge is 2.29. The van der Waals surface area contributed by atoms with Crippen LogP contribution in [0.4, 0.5) is 11.4 Å². The molecule has 0 fully saturated rings. The quantitative estimate of drug-likeness (QED) is 0.495. The molecule has 2 aromatic carbocycles. The first kappa shape index (κ1) is 15.6. The summed E-state index contributed by atoms with van der Waals surface area (Å²) in [5.41, 5.74) is 5.97. The number of halogens is 1. The Kier molecular flexibility index (Phi) is 4.00. The number of anilines is 2. The molecule has 0 amide bonds. The number of benzene rings is 2. The zero-order valence-corrected chi connectivity index (χ0v) is 15.9. The van der Waals surface area contributed by atoms with Crippen LogP contribution in [0, 0.1) is 6.92 Å². The second-order valence-corrected chi connectivity index (χ2v) is 7.10. The Hall–Kier alpha value is -1.95. The number of fused-ring (bicyclic) bond motifs is 2. The van der Waals surface area contributed by atoms with Crippen molar-refractivity contribution in [3.05, 3.63) is 71.8 Å². The lowest BCUT2D eigenvalue weighted by molar-refractivity contribution is 0.447. The number of hydrogen-bond acceptors (Lipinski definition) is 3. The van der Waals surface area contributed by atoms with Crippen molar-refractivity contribution >= 4 is 39.5 Å². The van der Waals surface area contributed by atoms with Gasteiger partial charge in [-0.2, -0.15) is 0 Å². The molecule has 0 atom stereocenters. The summed E-state index contributed by atoms with van der Waals surface area (Å²) in [7, 11) is 2.08. The summed E-state index contributed by atoms with van der Waals surface area (Å²) in [5.74, 6) is 1.83. The summed E-state index contributed by atoms with van der Waals surface area (Å²) in [5, 5.41) is 0. The number of alkyl halides is 1. The normalized spacial score (nSPS) is 18.5. The van der Waals surface area contributed by atoms with Crippen LogP contribution in [-0.2, 0) is 0 Å². The van der Waals surface area contributed by atoms with E-state index in [9.17, 15) is 0 Å². The van der Waals surface area contributed by atoms with Crippen molar-refractivity contribution in [2.24, 2.45) is 0 Å². The van der Waals surface area contributed by atoms with Crippen molar-refractivity contribution < 1.29 is 4.74 Å². The van der Waals surface area contributed by atoms with E-state index in [1.807, 2.05) is 12.1 Å². The number of ether oxygens (including phenoxy) is 1. The van der Waals surface area contributed by atoms with Crippen LogP contribution in [0.2, 0.25) is 0 Å². The van der Waals surface area contributed by atoms with E-state index in [4.69, 9.17) is 4.74 Å². The summed E-state index contributed by atoms with van der Waals surface area (Å²) in [6.07, 6.45) is 4.33. The SMILES string of the molecule is Cc1cccc2c1N(C)C(=C1C=CN(CCI)c3ccccc31)O2. The molecule has 0 aliphatic carbocycles. The van der Waals surface area contributed by atoms with E-state index in [1.54, 1.807) is 0 Å². The number of rotatable bonds is 2. The Morgan fingerprint density at radius 2 is 1.92 bits per heavy atom. The molecule has 122 valence electrons. The zero-order chi connectivity index (χ0) is 16.7. The molecule has 3 nitrogen and oxygen atoms in total. The third-order valence-electron chi connectivity index (χ3n) is 4.53. The average Bonchev–Trinajstić information content (AvgIpc) is 2.93. The van der Waals surface area contributed by atoms with E-state index in [-0.39, 0.29) is 0 Å². The van der Waals surface area contributed by atoms with E-state index < -0.39 is 0 Å². The summed E-state index contributed by atoms with van der Waals surface area (Å²) in [6, 6.07) is 14.7. The minimum atomic E-state index is 0.900. The smallest absolute Gasteiger partial charge is 0.208 e. The predicted octanol–water partition coefficient (Wildman–Crippen LogP) is 4.96. The third kappa shape index (κ3) is 2.40. The fourth-order valence-corrected chi connectivity index (χ4v) is 3.93. The van der Waals surface area contributed by atoms with Gasteiger partial charge in [0.1, 0.15) is 0 Å². The van der Waals surface area contributed by atoms with Gasteiger partial charge in [0.25, 0.3) is 0 Å². The van der Waals surface area contributed by atoms with E-state index in [0.29, 0.717) is 0 Å². The molecular weight excluding hydrogens is 411 g/mol. The van der Waals surface area contributed by atoms with Crippen LogP contribution < -0.4 is 14.5 Å².